The minimum atomic E-state index is -0.0689. The lowest BCUT2D eigenvalue weighted by atomic mass is 10.0. The van der Waals surface area contributed by atoms with Gasteiger partial charge < -0.3 is 11.1 Å². The lowest BCUT2D eigenvalue weighted by Gasteiger charge is -2.20. The van der Waals surface area contributed by atoms with Crippen molar-refractivity contribution in [3.8, 4) is 11.3 Å². The van der Waals surface area contributed by atoms with Gasteiger partial charge >= 0.3 is 0 Å². The number of nitrogens with one attached hydrogen (secondary N) is 1. The number of carbonyl (C=O) groups excluding carboxylic acids is 1. The van der Waals surface area contributed by atoms with Gasteiger partial charge in [0.15, 0.2) is 5.65 Å². The summed E-state index contributed by atoms with van der Waals surface area (Å²) < 4.78 is 1.83. The largest absolute Gasteiger partial charge is 0.349 e. The number of rotatable bonds is 5. The fourth-order valence-corrected chi connectivity index (χ4v) is 3.98. The molecule has 3 N–H and O–H groups in total. The SMILES string of the molecule is CCn1ncc2c(C(=O)NC3CCCC3CN)cc(-c3ccccc3)nc21.Cl.Cl. The second kappa shape index (κ2) is 10.1. The van der Waals surface area contributed by atoms with Crippen LogP contribution in [0.2, 0.25) is 0 Å². The Morgan fingerprint density at radius 1 is 1.24 bits per heavy atom. The number of benzene rings is 1. The van der Waals surface area contributed by atoms with Crippen LogP contribution in [-0.2, 0) is 6.54 Å². The van der Waals surface area contributed by atoms with Gasteiger partial charge in [-0.2, -0.15) is 5.10 Å². The van der Waals surface area contributed by atoms with Gasteiger partial charge in [-0.25, -0.2) is 9.67 Å². The van der Waals surface area contributed by atoms with Crippen LogP contribution < -0.4 is 11.1 Å². The van der Waals surface area contributed by atoms with Gasteiger partial charge in [-0.15, -0.1) is 24.8 Å². The standard InChI is InChI=1S/C21H25N5O.2ClH/c1-2-26-20-17(13-23-26)16(11-19(24-20)14-7-4-3-5-8-14)21(27)25-18-10-6-9-15(18)12-22;;/h3-5,7-8,11,13,15,18H,2,6,9-10,12,22H2,1H3,(H,25,27);2*1H. The van der Waals surface area contributed by atoms with Crippen molar-refractivity contribution in [1.29, 1.82) is 0 Å². The second-order valence-corrected chi connectivity index (χ2v) is 7.13. The summed E-state index contributed by atoms with van der Waals surface area (Å²) in [5.74, 6) is 0.291. The molecule has 0 spiro atoms. The molecule has 2 atom stereocenters. The Kier molecular flexibility index (Phi) is 8.02. The molecule has 2 unspecified atom stereocenters. The van der Waals surface area contributed by atoms with Crippen molar-refractivity contribution in [3.63, 3.8) is 0 Å². The van der Waals surface area contributed by atoms with Gasteiger partial charge in [0.1, 0.15) is 0 Å². The van der Waals surface area contributed by atoms with Crippen LogP contribution in [0, 0.1) is 5.92 Å². The number of halogens is 2. The van der Waals surface area contributed by atoms with Crippen LogP contribution in [-0.4, -0.2) is 33.3 Å². The third-order valence-corrected chi connectivity index (χ3v) is 5.50. The minimum Gasteiger partial charge on any atom is -0.349 e. The molecule has 1 saturated carbocycles. The van der Waals surface area contributed by atoms with Crippen molar-refractivity contribution >= 4 is 41.8 Å². The summed E-state index contributed by atoms with van der Waals surface area (Å²) in [6.07, 6.45) is 4.92. The van der Waals surface area contributed by atoms with Crippen molar-refractivity contribution in [2.24, 2.45) is 11.7 Å². The summed E-state index contributed by atoms with van der Waals surface area (Å²) in [5.41, 5.74) is 9.01. The van der Waals surface area contributed by atoms with E-state index in [1.165, 1.54) is 0 Å². The van der Waals surface area contributed by atoms with Crippen molar-refractivity contribution in [1.82, 2.24) is 20.1 Å². The van der Waals surface area contributed by atoms with Crippen LogP contribution in [0.1, 0.15) is 36.5 Å². The average molecular weight is 436 g/mol. The molecule has 3 aromatic rings. The lowest BCUT2D eigenvalue weighted by molar-refractivity contribution is 0.0930. The first kappa shape index (κ1) is 23.1. The molecule has 2 aromatic heterocycles. The van der Waals surface area contributed by atoms with Crippen LogP contribution in [0.15, 0.2) is 42.6 Å². The average Bonchev–Trinajstić information content (AvgIpc) is 3.33. The summed E-state index contributed by atoms with van der Waals surface area (Å²) in [7, 11) is 0. The first-order chi connectivity index (χ1) is 13.2. The van der Waals surface area contributed by atoms with E-state index in [2.05, 4.69) is 10.4 Å². The Balaban J connectivity index is 0.00000150. The maximum absolute atomic E-state index is 13.1. The molecule has 6 nitrogen and oxygen atoms in total. The van der Waals surface area contributed by atoms with E-state index in [-0.39, 0.29) is 36.8 Å². The van der Waals surface area contributed by atoms with Gasteiger partial charge in [0.05, 0.1) is 22.8 Å². The zero-order valence-electron chi connectivity index (χ0n) is 16.4. The van der Waals surface area contributed by atoms with E-state index < -0.39 is 0 Å². The molecule has 4 rings (SSSR count). The van der Waals surface area contributed by atoms with Crippen LogP contribution in [0.25, 0.3) is 22.3 Å². The van der Waals surface area contributed by atoms with Gasteiger partial charge in [0.25, 0.3) is 5.91 Å². The second-order valence-electron chi connectivity index (χ2n) is 7.13. The minimum absolute atomic E-state index is 0. The van der Waals surface area contributed by atoms with Gasteiger partial charge in [0.2, 0.25) is 0 Å². The van der Waals surface area contributed by atoms with Crippen LogP contribution in [0.5, 0.6) is 0 Å². The molecule has 1 amide bonds. The predicted molar refractivity (Wildman–Crippen MR) is 121 cm³/mol. The molecule has 1 fully saturated rings. The van der Waals surface area contributed by atoms with Crippen molar-refractivity contribution in [2.75, 3.05) is 6.54 Å². The summed E-state index contributed by atoms with van der Waals surface area (Å²) in [4.78, 5) is 17.9. The van der Waals surface area contributed by atoms with E-state index in [0.717, 1.165) is 41.6 Å². The number of amides is 1. The Labute approximate surface area is 183 Å². The maximum atomic E-state index is 13.1. The predicted octanol–water partition coefficient (Wildman–Crippen LogP) is 3.82. The number of aryl methyl sites for hydroxylation is 1. The van der Waals surface area contributed by atoms with E-state index in [1.807, 2.05) is 48.0 Å². The van der Waals surface area contributed by atoms with Crippen LogP contribution in [0.4, 0.5) is 0 Å². The Morgan fingerprint density at radius 2 is 2.00 bits per heavy atom. The lowest BCUT2D eigenvalue weighted by Crippen LogP contribution is -2.40. The van der Waals surface area contributed by atoms with E-state index in [0.29, 0.717) is 24.6 Å². The number of hydrogen-bond acceptors (Lipinski definition) is 4. The summed E-state index contributed by atoms with van der Waals surface area (Å²) >= 11 is 0. The highest BCUT2D eigenvalue weighted by atomic mass is 35.5. The normalized spacial score (nSPS) is 18.1. The highest BCUT2D eigenvalue weighted by Crippen LogP contribution is 2.27. The van der Waals surface area contributed by atoms with Gasteiger partial charge in [0, 0.05) is 18.2 Å². The molecule has 0 radical (unpaired) electrons. The Hall–Kier alpha value is -2.15. The number of carbonyl (C=O) groups is 1. The third kappa shape index (κ3) is 4.55. The van der Waals surface area contributed by atoms with Crippen molar-refractivity contribution in [2.45, 2.75) is 38.8 Å². The molecule has 0 aliphatic heterocycles. The van der Waals surface area contributed by atoms with Crippen molar-refractivity contribution < 1.29 is 4.79 Å². The fraction of sp³-hybridized carbons (Fsp3) is 0.381. The molecule has 1 aliphatic carbocycles. The number of aromatic nitrogens is 3. The summed E-state index contributed by atoms with van der Waals surface area (Å²) in [6, 6.07) is 11.9. The zero-order chi connectivity index (χ0) is 18.8. The topological polar surface area (TPSA) is 85.8 Å². The number of pyridine rings is 1. The van der Waals surface area contributed by atoms with Crippen molar-refractivity contribution in [3.05, 3.63) is 48.2 Å². The Morgan fingerprint density at radius 3 is 2.69 bits per heavy atom. The molecule has 0 saturated heterocycles. The van der Waals surface area contributed by atoms with E-state index in [4.69, 9.17) is 10.7 Å². The van der Waals surface area contributed by atoms with E-state index >= 15 is 0 Å². The maximum Gasteiger partial charge on any atom is 0.252 e. The number of nitrogens with two attached hydrogens (primary N) is 1. The number of hydrogen-bond donors (Lipinski definition) is 2. The first-order valence-corrected chi connectivity index (χ1v) is 9.64. The van der Waals surface area contributed by atoms with Gasteiger partial charge in [-0.1, -0.05) is 36.8 Å². The summed E-state index contributed by atoms with van der Waals surface area (Å²) in [6.45, 7) is 3.33. The molecule has 1 aliphatic rings. The quantitative estimate of drug-likeness (QED) is 0.637. The molecule has 8 heteroatoms. The molecule has 29 heavy (non-hydrogen) atoms. The zero-order valence-corrected chi connectivity index (χ0v) is 18.0. The monoisotopic (exact) mass is 435 g/mol. The molecule has 0 bridgehead atoms. The van der Waals surface area contributed by atoms with E-state index in [9.17, 15) is 4.79 Å². The van der Waals surface area contributed by atoms with Crippen LogP contribution in [0.3, 0.4) is 0 Å². The highest BCUT2D eigenvalue weighted by molar-refractivity contribution is 6.06. The number of nitrogens with zero attached hydrogens (tertiary/aromatic N) is 3. The molecule has 2 heterocycles. The molecule has 156 valence electrons. The Bertz CT molecular complexity index is 960. The highest BCUT2D eigenvalue weighted by Gasteiger charge is 2.28. The smallest absolute Gasteiger partial charge is 0.252 e. The van der Waals surface area contributed by atoms with Gasteiger partial charge in [-0.05, 0) is 38.3 Å². The fourth-order valence-electron chi connectivity index (χ4n) is 3.98. The molecular weight excluding hydrogens is 409 g/mol. The molecular formula is C21H27Cl2N5O. The van der Waals surface area contributed by atoms with Crippen LogP contribution >= 0.6 is 24.8 Å². The third-order valence-electron chi connectivity index (χ3n) is 5.50. The number of fused-ring (bicyclic) bond motifs is 1. The van der Waals surface area contributed by atoms with E-state index in [1.54, 1.807) is 6.20 Å². The van der Waals surface area contributed by atoms with Gasteiger partial charge in [-0.3, -0.25) is 4.79 Å². The summed E-state index contributed by atoms with van der Waals surface area (Å²) in [5, 5.41) is 8.41. The molecule has 1 aromatic carbocycles. The first-order valence-electron chi connectivity index (χ1n) is 9.64.